The molecular formula is C13H13N5OS. The van der Waals surface area contributed by atoms with E-state index in [4.69, 9.17) is 0 Å². The van der Waals surface area contributed by atoms with E-state index < -0.39 is 0 Å². The van der Waals surface area contributed by atoms with Crippen LogP contribution in [0.25, 0.3) is 22.3 Å². The number of H-pyrrole nitrogens is 1. The van der Waals surface area contributed by atoms with E-state index in [0.717, 1.165) is 22.3 Å². The molecule has 20 heavy (non-hydrogen) atoms. The lowest BCUT2D eigenvalue weighted by Gasteiger charge is -2.09. The Labute approximate surface area is 119 Å². The minimum absolute atomic E-state index is 0.188. The first-order valence-electron chi connectivity index (χ1n) is 6.01. The van der Waals surface area contributed by atoms with Gasteiger partial charge in [0.1, 0.15) is 5.65 Å². The van der Waals surface area contributed by atoms with Gasteiger partial charge in [-0.3, -0.25) is 5.32 Å². The van der Waals surface area contributed by atoms with E-state index in [1.807, 2.05) is 23.7 Å². The lowest BCUT2D eigenvalue weighted by atomic mass is 10.2. The second-order valence-electron chi connectivity index (χ2n) is 4.46. The number of fused-ring (bicyclic) bond motifs is 1. The van der Waals surface area contributed by atoms with Gasteiger partial charge in [-0.25, -0.2) is 14.8 Å². The maximum Gasteiger partial charge on any atom is 0.323 e. The third-order valence-corrected chi connectivity index (χ3v) is 3.61. The van der Waals surface area contributed by atoms with Crippen molar-refractivity contribution in [1.29, 1.82) is 0 Å². The molecule has 3 rings (SSSR count). The smallest absolute Gasteiger partial charge is 0.323 e. The Morgan fingerprint density at radius 1 is 1.45 bits per heavy atom. The maximum atomic E-state index is 11.6. The van der Waals surface area contributed by atoms with Crippen LogP contribution in [-0.4, -0.2) is 40.0 Å². The molecule has 3 aromatic rings. The predicted molar refractivity (Wildman–Crippen MR) is 79.9 cm³/mol. The number of amides is 2. The van der Waals surface area contributed by atoms with E-state index >= 15 is 0 Å². The van der Waals surface area contributed by atoms with Gasteiger partial charge in [0.2, 0.25) is 0 Å². The second-order valence-corrected chi connectivity index (χ2v) is 5.32. The minimum atomic E-state index is -0.188. The van der Waals surface area contributed by atoms with Crippen molar-refractivity contribution in [2.45, 2.75) is 0 Å². The summed E-state index contributed by atoms with van der Waals surface area (Å²) in [6, 6.07) is 3.69. The van der Waals surface area contributed by atoms with Gasteiger partial charge in [-0.05, 0) is 12.1 Å². The van der Waals surface area contributed by atoms with Crippen LogP contribution >= 0.6 is 11.3 Å². The molecule has 2 amide bonds. The average Bonchev–Trinajstić information content (AvgIpc) is 3.04. The van der Waals surface area contributed by atoms with E-state index in [1.54, 1.807) is 20.3 Å². The quantitative estimate of drug-likeness (QED) is 0.761. The predicted octanol–water partition coefficient (Wildman–Crippen LogP) is 2.78. The number of thiazole rings is 1. The Balaban J connectivity index is 1.92. The second kappa shape index (κ2) is 4.93. The lowest BCUT2D eigenvalue weighted by Crippen LogP contribution is -2.27. The van der Waals surface area contributed by atoms with Crippen molar-refractivity contribution in [3.8, 4) is 11.3 Å². The molecule has 0 radical (unpaired) electrons. The highest BCUT2D eigenvalue weighted by Gasteiger charge is 2.12. The number of carbonyl (C=O) groups is 1. The monoisotopic (exact) mass is 287 g/mol. The zero-order valence-corrected chi connectivity index (χ0v) is 11.9. The number of hydrogen-bond acceptors (Lipinski definition) is 4. The fourth-order valence-electron chi connectivity index (χ4n) is 1.83. The molecule has 3 aromatic heterocycles. The van der Waals surface area contributed by atoms with E-state index in [-0.39, 0.29) is 6.03 Å². The summed E-state index contributed by atoms with van der Waals surface area (Å²) in [6.07, 6.45) is 3.62. The summed E-state index contributed by atoms with van der Waals surface area (Å²) in [5.74, 6) is 0. The molecule has 2 N–H and O–H groups in total. The first-order chi connectivity index (χ1) is 9.65. The summed E-state index contributed by atoms with van der Waals surface area (Å²) in [4.78, 5) is 24.9. The summed E-state index contributed by atoms with van der Waals surface area (Å²) >= 11 is 1.40. The Kier molecular flexibility index (Phi) is 3.11. The van der Waals surface area contributed by atoms with Crippen molar-refractivity contribution >= 4 is 33.5 Å². The number of aromatic nitrogens is 3. The molecule has 0 aliphatic carbocycles. The number of rotatable bonds is 2. The van der Waals surface area contributed by atoms with E-state index in [0.29, 0.717) is 5.13 Å². The normalized spacial score (nSPS) is 10.7. The Morgan fingerprint density at radius 3 is 3.10 bits per heavy atom. The van der Waals surface area contributed by atoms with Crippen molar-refractivity contribution in [2.24, 2.45) is 0 Å². The van der Waals surface area contributed by atoms with Gasteiger partial charge in [-0.15, -0.1) is 11.3 Å². The highest BCUT2D eigenvalue weighted by molar-refractivity contribution is 7.14. The van der Waals surface area contributed by atoms with Gasteiger partial charge in [0.05, 0.1) is 5.69 Å². The summed E-state index contributed by atoms with van der Waals surface area (Å²) in [5.41, 5.74) is 2.63. The van der Waals surface area contributed by atoms with Crippen molar-refractivity contribution < 1.29 is 4.79 Å². The van der Waals surface area contributed by atoms with E-state index in [1.165, 1.54) is 16.2 Å². The number of urea groups is 1. The van der Waals surface area contributed by atoms with Gasteiger partial charge in [0.15, 0.2) is 5.13 Å². The zero-order valence-electron chi connectivity index (χ0n) is 11.0. The number of nitrogens with zero attached hydrogens (tertiary/aromatic N) is 3. The van der Waals surface area contributed by atoms with Gasteiger partial charge in [0, 0.05) is 42.8 Å². The van der Waals surface area contributed by atoms with Gasteiger partial charge in [0.25, 0.3) is 0 Å². The Morgan fingerprint density at radius 2 is 2.30 bits per heavy atom. The number of aromatic amines is 1. The standard InChI is InChI=1S/C13H13N5OS/c1-18(2)13(19)17-12-16-10(7-20-12)9-6-15-11-8(9)4-3-5-14-11/h3-7H,1-2H3,(H,14,15)(H,16,17,19). The van der Waals surface area contributed by atoms with Crippen LogP contribution in [0.1, 0.15) is 0 Å². The first-order valence-corrected chi connectivity index (χ1v) is 6.89. The molecule has 7 heteroatoms. The van der Waals surface area contributed by atoms with Gasteiger partial charge in [-0.1, -0.05) is 0 Å². The van der Waals surface area contributed by atoms with Crippen molar-refractivity contribution in [2.75, 3.05) is 19.4 Å². The molecule has 0 bridgehead atoms. The summed E-state index contributed by atoms with van der Waals surface area (Å²) in [5, 5.41) is 6.26. The van der Waals surface area contributed by atoms with Gasteiger partial charge in [-0.2, -0.15) is 0 Å². The van der Waals surface area contributed by atoms with Crippen molar-refractivity contribution in [1.82, 2.24) is 19.9 Å². The lowest BCUT2D eigenvalue weighted by molar-refractivity contribution is 0.230. The average molecular weight is 287 g/mol. The molecular weight excluding hydrogens is 274 g/mol. The van der Waals surface area contributed by atoms with Crippen LogP contribution in [0.2, 0.25) is 0 Å². The summed E-state index contributed by atoms with van der Waals surface area (Å²) in [6.45, 7) is 0. The van der Waals surface area contributed by atoms with Gasteiger partial charge >= 0.3 is 6.03 Å². The van der Waals surface area contributed by atoms with Crippen LogP contribution in [0.3, 0.4) is 0 Å². The topological polar surface area (TPSA) is 73.9 Å². The van der Waals surface area contributed by atoms with E-state index in [9.17, 15) is 4.79 Å². The Hall–Kier alpha value is -2.41. The minimum Gasteiger partial charge on any atom is -0.345 e. The third kappa shape index (κ3) is 2.23. The third-order valence-electron chi connectivity index (χ3n) is 2.85. The van der Waals surface area contributed by atoms with Crippen LogP contribution in [0, 0.1) is 0 Å². The molecule has 3 heterocycles. The van der Waals surface area contributed by atoms with Crippen molar-refractivity contribution in [3.63, 3.8) is 0 Å². The summed E-state index contributed by atoms with van der Waals surface area (Å²) in [7, 11) is 3.38. The fourth-order valence-corrected chi connectivity index (χ4v) is 2.53. The molecule has 6 nitrogen and oxygen atoms in total. The van der Waals surface area contributed by atoms with Crippen LogP contribution in [0.4, 0.5) is 9.93 Å². The van der Waals surface area contributed by atoms with Crippen LogP contribution < -0.4 is 5.32 Å². The molecule has 0 aliphatic heterocycles. The number of nitrogens with one attached hydrogen (secondary N) is 2. The first kappa shape index (κ1) is 12.6. The summed E-state index contributed by atoms with van der Waals surface area (Å²) < 4.78 is 0. The molecule has 0 saturated heterocycles. The molecule has 102 valence electrons. The van der Waals surface area contributed by atoms with Crippen molar-refractivity contribution in [3.05, 3.63) is 29.9 Å². The van der Waals surface area contributed by atoms with Gasteiger partial charge < -0.3 is 9.88 Å². The maximum absolute atomic E-state index is 11.6. The molecule has 0 fully saturated rings. The van der Waals surface area contributed by atoms with Crippen LogP contribution in [-0.2, 0) is 0 Å². The molecule has 0 spiro atoms. The molecule has 0 saturated carbocycles. The number of pyridine rings is 1. The van der Waals surface area contributed by atoms with Crippen LogP contribution in [0.15, 0.2) is 29.9 Å². The Bertz CT molecular complexity index is 761. The van der Waals surface area contributed by atoms with E-state index in [2.05, 4.69) is 20.3 Å². The molecule has 0 aliphatic rings. The molecule has 0 unspecified atom stereocenters. The number of carbonyl (C=O) groups excluding carboxylic acids is 1. The molecule has 0 aromatic carbocycles. The molecule has 0 atom stereocenters. The fraction of sp³-hybridized carbons (Fsp3) is 0.154. The highest BCUT2D eigenvalue weighted by Crippen LogP contribution is 2.30. The number of anilines is 1. The number of hydrogen-bond donors (Lipinski definition) is 2. The zero-order chi connectivity index (χ0) is 14.1. The largest absolute Gasteiger partial charge is 0.345 e. The SMILES string of the molecule is CN(C)C(=O)Nc1nc(-c2c[nH]c3ncccc23)cs1. The highest BCUT2D eigenvalue weighted by atomic mass is 32.1. The van der Waals surface area contributed by atoms with Crippen LogP contribution in [0.5, 0.6) is 0 Å².